The zero-order valence-electron chi connectivity index (χ0n) is 9.38. The van der Waals surface area contributed by atoms with Gasteiger partial charge in [-0.25, -0.2) is 4.79 Å². The summed E-state index contributed by atoms with van der Waals surface area (Å²) >= 11 is 0. The second kappa shape index (κ2) is 4.40. The quantitative estimate of drug-likeness (QED) is 0.602. The van der Waals surface area contributed by atoms with Crippen molar-refractivity contribution in [2.24, 2.45) is 0 Å². The van der Waals surface area contributed by atoms with Crippen LogP contribution in [0.3, 0.4) is 0 Å². The van der Waals surface area contributed by atoms with E-state index in [4.69, 9.17) is 4.42 Å². The lowest BCUT2D eigenvalue weighted by atomic mass is 10.2. The normalized spacial score (nSPS) is 10.9. The summed E-state index contributed by atoms with van der Waals surface area (Å²) < 4.78 is 6.45. The molecular weight excluding hydrogens is 224 g/mol. The van der Waals surface area contributed by atoms with Gasteiger partial charge < -0.3 is 4.42 Å². The Morgan fingerprint density at radius 1 is 1.47 bits per heavy atom. The van der Waals surface area contributed by atoms with Crippen molar-refractivity contribution in [1.29, 1.82) is 0 Å². The predicted octanol–water partition coefficient (Wildman–Crippen LogP) is 2.30. The first-order valence-corrected chi connectivity index (χ1v) is 5.41. The highest BCUT2D eigenvalue weighted by atomic mass is 16.6. The average molecular weight is 236 g/mol. The molecule has 1 heterocycles. The molecule has 1 aromatic carbocycles. The molecule has 0 saturated carbocycles. The number of aromatic nitrogens is 1. The minimum absolute atomic E-state index is 0.0384. The molecule has 2 aromatic rings. The Bertz CT molecular complexity index is 611. The molecule has 90 valence electrons. The molecule has 0 saturated heterocycles. The fourth-order valence-electron chi connectivity index (χ4n) is 1.69. The third-order valence-electron chi connectivity index (χ3n) is 2.60. The molecule has 0 unspecified atom stereocenters. The summed E-state index contributed by atoms with van der Waals surface area (Å²) in [6, 6.07) is 4.16. The predicted molar refractivity (Wildman–Crippen MR) is 62.0 cm³/mol. The number of unbranched alkanes of at least 4 members (excludes halogenated alkanes) is 1. The third kappa shape index (κ3) is 2.06. The number of aryl methyl sites for hydroxylation is 1. The summed E-state index contributed by atoms with van der Waals surface area (Å²) in [7, 11) is 0. The minimum Gasteiger partial charge on any atom is -0.408 e. The van der Waals surface area contributed by atoms with Crippen LogP contribution in [0, 0.1) is 10.1 Å². The van der Waals surface area contributed by atoms with Crippen LogP contribution in [0.5, 0.6) is 0 Å². The maximum atomic E-state index is 11.6. The fraction of sp³-hybridized carbons (Fsp3) is 0.364. The molecule has 0 aliphatic heterocycles. The number of nitrogens with zero attached hydrogens (tertiary/aromatic N) is 2. The lowest BCUT2D eigenvalue weighted by molar-refractivity contribution is -0.384. The van der Waals surface area contributed by atoms with Gasteiger partial charge in [-0.05, 0) is 12.5 Å². The molecular formula is C11H12N2O4. The highest BCUT2D eigenvalue weighted by Crippen LogP contribution is 2.20. The maximum absolute atomic E-state index is 11.6. The van der Waals surface area contributed by atoms with Crippen LogP contribution < -0.4 is 5.76 Å². The van der Waals surface area contributed by atoms with Crippen LogP contribution in [0.25, 0.3) is 11.1 Å². The average Bonchev–Trinajstić information content (AvgIpc) is 2.61. The summed E-state index contributed by atoms with van der Waals surface area (Å²) in [6.45, 7) is 2.53. The number of rotatable bonds is 4. The molecule has 0 atom stereocenters. The van der Waals surface area contributed by atoms with Gasteiger partial charge in [-0.15, -0.1) is 0 Å². The molecule has 0 aliphatic carbocycles. The standard InChI is InChI=1S/C11H12N2O4/c1-2-3-6-12-9-7-8(13(15)16)4-5-10(9)17-11(12)14/h4-5,7H,2-3,6H2,1H3. The first kappa shape index (κ1) is 11.4. The van der Waals surface area contributed by atoms with Gasteiger partial charge in [-0.3, -0.25) is 14.7 Å². The molecule has 2 rings (SSSR count). The van der Waals surface area contributed by atoms with Crippen LogP contribution in [-0.4, -0.2) is 9.49 Å². The third-order valence-corrected chi connectivity index (χ3v) is 2.60. The lowest BCUT2D eigenvalue weighted by Gasteiger charge is -1.99. The summed E-state index contributed by atoms with van der Waals surface area (Å²) in [5.41, 5.74) is 0.831. The maximum Gasteiger partial charge on any atom is 0.419 e. The topological polar surface area (TPSA) is 78.3 Å². The molecule has 6 nitrogen and oxygen atoms in total. The van der Waals surface area contributed by atoms with E-state index in [2.05, 4.69) is 0 Å². The van der Waals surface area contributed by atoms with E-state index in [1.807, 2.05) is 6.92 Å². The van der Waals surface area contributed by atoms with Crippen LogP contribution >= 0.6 is 0 Å². The van der Waals surface area contributed by atoms with Gasteiger partial charge in [0.25, 0.3) is 5.69 Å². The zero-order valence-corrected chi connectivity index (χ0v) is 9.38. The largest absolute Gasteiger partial charge is 0.419 e. The molecule has 0 amide bonds. The van der Waals surface area contributed by atoms with E-state index >= 15 is 0 Å². The number of fused-ring (bicyclic) bond motifs is 1. The van der Waals surface area contributed by atoms with E-state index in [1.165, 1.54) is 22.8 Å². The number of nitro benzene ring substituents is 1. The molecule has 0 fully saturated rings. The van der Waals surface area contributed by atoms with Crippen molar-refractivity contribution >= 4 is 16.8 Å². The first-order valence-electron chi connectivity index (χ1n) is 5.41. The molecule has 0 radical (unpaired) electrons. The number of nitro groups is 1. The lowest BCUT2D eigenvalue weighted by Crippen LogP contribution is -2.13. The monoisotopic (exact) mass is 236 g/mol. The Balaban J connectivity index is 2.57. The van der Waals surface area contributed by atoms with Crippen LogP contribution in [0.2, 0.25) is 0 Å². The molecule has 6 heteroatoms. The smallest absolute Gasteiger partial charge is 0.408 e. The van der Waals surface area contributed by atoms with Crippen molar-refractivity contribution in [3.63, 3.8) is 0 Å². The highest BCUT2D eigenvalue weighted by Gasteiger charge is 2.13. The molecule has 0 aliphatic rings. The molecule has 0 N–H and O–H groups in total. The van der Waals surface area contributed by atoms with Gasteiger partial charge in [-0.2, -0.15) is 0 Å². The number of hydrogen-bond acceptors (Lipinski definition) is 4. The Morgan fingerprint density at radius 3 is 2.88 bits per heavy atom. The number of hydrogen-bond donors (Lipinski definition) is 0. The van der Waals surface area contributed by atoms with Crippen LogP contribution in [0.1, 0.15) is 19.8 Å². The Morgan fingerprint density at radius 2 is 2.24 bits per heavy atom. The van der Waals surface area contributed by atoms with Gasteiger partial charge in [0.15, 0.2) is 5.58 Å². The van der Waals surface area contributed by atoms with Crippen molar-refractivity contribution in [2.75, 3.05) is 0 Å². The zero-order chi connectivity index (χ0) is 12.4. The number of benzene rings is 1. The molecule has 17 heavy (non-hydrogen) atoms. The van der Waals surface area contributed by atoms with Gasteiger partial charge in [0.05, 0.1) is 10.4 Å². The second-order valence-electron chi connectivity index (χ2n) is 3.78. The van der Waals surface area contributed by atoms with Crippen molar-refractivity contribution in [3.8, 4) is 0 Å². The summed E-state index contributed by atoms with van der Waals surface area (Å²) in [4.78, 5) is 21.7. The van der Waals surface area contributed by atoms with Crippen LogP contribution in [0.15, 0.2) is 27.4 Å². The summed E-state index contributed by atoms with van der Waals surface area (Å²) in [5.74, 6) is -0.464. The minimum atomic E-state index is -0.485. The van der Waals surface area contributed by atoms with Crippen molar-refractivity contribution < 1.29 is 9.34 Å². The van der Waals surface area contributed by atoms with Crippen LogP contribution in [0.4, 0.5) is 5.69 Å². The Kier molecular flexibility index (Phi) is 2.95. The molecule has 0 bridgehead atoms. The SMILES string of the molecule is CCCCn1c(=O)oc2ccc([N+](=O)[O-])cc21. The second-order valence-corrected chi connectivity index (χ2v) is 3.78. The molecule has 0 spiro atoms. The van der Waals surface area contributed by atoms with Gasteiger partial charge in [-0.1, -0.05) is 13.3 Å². The Hall–Kier alpha value is -2.11. The summed E-state index contributed by atoms with van der Waals surface area (Å²) in [6.07, 6.45) is 1.77. The van der Waals surface area contributed by atoms with Gasteiger partial charge in [0.1, 0.15) is 0 Å². The van der Waals surface area contributed by atoms with E-state index in [-0.39, 0.29) is 5.69 Å². The number of non-ortho nitro benzene ring substituents is 1. The van der Waals surface area contributed by atoms with E-state index in [1.54, 1.807) is 0 Å². The summed E-state index contributed by atoms with van der Waals surface area (Å²) in [5, 5.41) is 10.7. The first-order chi connectivity index (χ1) is 8.13. The van der Waals surface area contributed by atoms with Gasteiger partial charge in [0.2, 0.25) is 0 Å². The fourth-order valence-corrected chi connectivity index (χ4v) is 1.69. The molecule has 1 aromatic heterocycles. The Labute approximate surface area is 96.6 Å². The number of oxazole rings is 1. The van der Waals surface area contributed by atoms with E-state index in [0.29, 0.717) is 17.6 Å². The van der Waals surface area contributed by atoms with Crippen LogP contribution in [-0.2, 0) is 6.54 Å². The van der Waals surface area contributed by atoms with Gasteiger partial charge >= 0.3 is 5.76 Å². The van der Waals surface area contributed by atoms with Crippen molar-refractivity contribution in [2.45, 2.75) is 26.3 Å². The van der Waals surface area contributed by atoms with E-state index in [9.17, 15) is 14.9 Å². The highest BCUT2D eigenvalue weighted by molar-refractivity contribution is 5.75. The van der Waals surface area contributed by atoms with E-state index < -0.39 is 10.7 Å². The van der Waals surface area contributed by atoms with Crippen molar-refractivity contribution in [1.82, 2.24) is 4.57 Å². The van der Waals surface area contributed by atoms with Crippen molar-refractivity contribution in [3.05, 3.63) is 38.9 Å². The van der Waals surface area contributed by atoms with Gasteiger partial charge in [0, 0.05) is 18.7 Å². The van der Waals surface area contributed by atoms with E-state index in [0.717, 1.165) is 12.8 Å².